The second-order valence-corrected chi connectivity index (χ2v) is 13.4. The van der Waals surface area contributed by atoms with E-state index in [0.717, 1.165) is 67.2 Å². The number of halogens is 6. The van der Waals surface area contributed by atoms with Crippen LogP contribution in [0, 0.1) is 35.5 Å². The van der Waals surface area contributed by atoms with Gasteiger partial charge in [0.25, 0.3) is 0 Å². The molecule has 1 amide bonds. The molecule has 5 aliphatic rings. The van der Waals surface area contributed by atoms with Crippen LogP contribution in [0.15, 0.2) is 18.2 Å². The number of guanidine groups is 1. The summed E-state index contributed by atoms with van der Waals surface area (Å²) in [5.41, 5.74) is 7.38. The number of hydrogen-bond acceptors (Lipinski definition) is 7. The molecule has 18 heteroatoms. The van der Waals surface area contributed by atoms with Crippen molar-refractivity contribution in [3.05, 3.63) is 23.8 Å². The van der Waals surface area contributed by atoms with E-state index in [0.29, 0.717) is 23.7 Å². The van der Waals surface area contributed by atoms with Crippen LogP contribution >= 0.6 is 0 Å². The lowest BCUT2D eigenvalue weighted by molar-refractivity contribution is -0.193. The summed E-state index contributed by atoms with van der Waals surface area (Å²) in [7, 11) is 0. The molecule has 0 saturated heterocycles. The highest BCUT2D eigenvalue weighted by Gasteiger charge is 2.54. The number of amides is 1. The Balaban J connectivity index is 0.000000327. The Hall–Kier alpha value is -4.38. The lowest BCUT2D eigenvalue weighted by Crippen LogP contribution is -2.52. The summed E-state index contributed by atoms with van der Waals surface area (Å²) >= 11 is 0. The summed E-state index contributed by atoms with van der Waals surface area (Å²) in [4.78, 5) is 41.1. The highest BCUT2D eigenvalue weighted by molar-refractivity contribution is 5.97. The number of anilines is 2. The summed E-state index contributed by atoms with van der Waals surface area (Å²) in [6, 6.07) is 6.31. The molecular formula is C31H39F6N7O5. The van der Waals surface area contributed by atoms with Gasteiger partial charge in [-0.3, -0.25) is 15.5 Å². The molecule has 2 atom stereocenters. The van der Waals surface area contributed by atoms with Crippen LogP contribution in [0.4, 0.5) is 38.1 Å². The van der Waals surface area contributed by atoms with Gasteiger partial charge in [0.15, 0.2) is 5.96 Å². The van der Waals surface area contributed by atoms with E-state index in [1.807, 2.05) is 12.1 Å². The number of nitrogens with two attached hydrogens (primary N) is 1. The maximum Gasteiger partial charge on any atom is 0.490 e. The quantitative estimate of drug-likeness (QED) is 0.117. The summed E-state index contributed by atoms with van der Waals surface area (Å²) in [5, 5.41) is 32.8. The first kappa shape index (κ1) is 37.4. The monoisotopic (exact) mass is 703 g/mol. The Bertz CT molecular complexity index is 1510. The highest BCUT2D eigenvalue weighted by atomic mass is 19.4. The van der Waals surface area contributed by atoms with E-state index >= 15 is 0 Å². The first-order chi connectivity index (χ1) is 22.8. The number of aryl methyl sites for hydroxylation is 1. The van der Waals surface area contributed by atoms with Crippen molar-refractivity contribution >= 4 is 46.5 Å². The molecule has 4 bridgehead atoms. The van der Waals surface area contributed by atoms with Crippen molar-refractivity contribution in [3.63, 3.8) is 0 Å². The fourth-order valence-electron chi connectivity index (χ4n) is 7.88. The zero-order chi connectivity index (χ0) is 36.3. The average Bonchev–Trinajstić information content (AvgIpc) is 2.97. The first-order valence-electron chi connectivity index (χ1n) is 15.8. The molecule has 5 aliphatic carbocycles. The van der Waals surface area contributed by atoms with Gasteiger partial charge in [-0.05, 0) is 88.2 Å². The summed E-state index contributed by atoms with van der Waals surface area (Å²) in [6.45, 7) is 2.06. The van der Waals surface area contributed by atoms with Crippen molar-refractivity contribution in [1.82, 2.24) is 15.3 Å². The van der Waals surface area contributed by atoms with Crippen molar-refractivity contribution in [3.8, 4) is 0 Å². The largest absolute Gasteiger partial charge is 0.490 e. The molecule has 5 saturated carbocycles. The third-order valence-electron chi connectivity index (χ3n) is 9.51. The molecule has 1 aromatic carbocycles. The Morgan fingerprint density at radius 2 is 1.37 bits per heavy atom. The number of nitrogens with one attached hydrogen (secondary N) is 4. The van der Waals surface area contributed by atoms with Crippen LogP contribution in [0.25, 0.3) is 10.9 Å². The summed E-state index contributed by atoms with van der Waals surface area (Å²) in [6.07, 6.45) is 0.960. The normalized spacial score (nSPS) is 27.1. The van der Waals surface area contributed by atoms with E-state index in [2.05, 4.69) is 28.9 Å². The predicted octanol–water partition coefficient (Wildman–Crippen LogP) is 5.57. The zero-order valence-corrected chi connectivity index (χ0v) is 26.5. The number of rotatable bonds is 5. The smallest absolute Gasteiger partial charge is 0.475 e. The maximum absolute atomic E-state index is 13.7. The number of carboxylic acids is 2. The van der Waals surface area contributed by atoms with Gasteiger partial charge < -0.3 is 26.6 Å². The second-order valence-electron chi connectivity index (χ2n) is 13.4. The molecule has 0 spiro atoms. The van der Waals surface area contributed by atoms with Crippen LogP contribution < -0.4 is 21.7 Å². The maximum atomic E-state index is 13.7. The summed E-state index contributed by atoms with van der Waals surface area (Å²) < 4.78 is 63.5. The van der Waals surface area contributed by atoms with Crippen LogP contribution in [0.1, 0.15) is 69.8 Å². The molecular weight excluding hydrogens is 664 g/mol. The molecule has 2 aromatic rings. The minimum Gasteiger partial charge on any atom is -0.475 e. The summed E-state index contributed by atoms with van der Waals surface area (Å²) in [5.74, 6) is -2.15. The van der Waals surface area contributed by atoms with Crippen LogP contribution in [0.2, 0.25) is 0 Å². The van der Waals surface area contributed by atoms with Crippen molar-refractivity contribution in [2.45, 2.75) is 95.6 Å². The molecule has 12 nitrogen and oxygen atoms in total. The third-order valence-corrected chi connectivity index (χ3v) is 9.51. The lowest BCUT2D eigenvalue weighted by atomic mass is 9.49. The number of carbonyl (C=O) groups excluding carboxylic acids is 1. The first-order valence-corrected chi connectivity index (χ1v) is 15.8. The second kappa shape index (κ2) is 14.6. The number of alkyl halides is 6. The Morgan fingerprint density at radius 1 is 0.878 bits per heavy atom. The van der Waals surface area contributed by atoms with E-state index in [1.165, 1.54) is 19.3 Å². The van der Waals surface area contributed by atoms with Gasteiger partial charge >= 0.3 is 24.3 Å². The average molecular weight is 704 g/mol. The Morgan fingerprint density at radius 3 is 1.84 bits per heavy atom. The number of nitrogens with zero attached hydrogens (tertiary/aromatic N) is 2. The van der Waals surface area contributed by atoms with E-state index in [-0.39, 0.29) is 29.4 Å². The molecule has 0 aliphatic heterocycles. The van der Waals surface area contributed by atoms with Gasteiger partial charge in [-0.25, -0.2) is 14.6 Å². The fraction of sp³-hybridized carbons (Fsp3) is 0.613. The van der Waals surface area contributed by atoms with Crippen LogP contribution in [0.3, 0.4) is 0 Å². The van der Waals surface area contributed by atoms with Crippen LogP contribution in [0.5, 0.6) is 0 Å². The number of benzene rings is 1. The SMILES string of the molecule is Cc1ccc2nc(NC(=O)C34CC5CC(CC(C5)C3)C4)nc(NC3CCCCC3NC(=N)N)c2c1.O=C(O)C(F)(F)F.O=C(O)C(F)(F)F. The zero-order valence-electron chi connectivity index (χ0n) is 26.5. The van der Waals surface area contributed by atoms with Crippen LogP contribution in [-0.4, -0.2) is 68.4 Å². The van der Waals surface area contributed by atoms with Gasteiger partial charge in [0.1, 0.15) is 5.82 Å². The number of aromatic nitrogens is 2. The molecule has 1 aromatic heterocycles. The van der Waals surface area contributed by atoms with E-state index in [4.69, 9.17) is 40.9 Å². The van der Waals surface area contributed by atoms with Crippen molar-refractivity contribution < 1.29 is 50.9 Å². The molecule has 1 heterocycles. The number of aliphatic carboxylic acids is 2. The van der Waals surface area contributed by atoms with Crippen LogP contribution in [-0.2, 0) is 14.4 Å². The Labute approximate surface area is 277 Å². The molecule has 0 radical (unpaired) electrons. The molecule has 5 fully saturated rings. The molecule has 8 N–H and O–H groups in total. The standard InChI is InChI=1S/C27H37N7O.2C2HF3O2/c1-15-6-7-20-19(8-15)23(30-21-4-2-3-5-22(21)31-25(28)29)33-26(32-20)34-24(35)27-12-16-9-17(13-27)11-18(10-16)14-27;2*3-2(4,5)1(6)7/h6-8,16-18,21-22H,2-5,9-14H2,1H3,(H4,28,29,31)(H2,30,32,33,34,35);2*(H,6,7). The topological polar surface area (TPSA) is 203 Å². The van der Waals surface area contributed by atoms with Gasteiger partial charge in [0, 0.05) is 17.5 Å². The number of carboxylic acid groups (broad SMARTS) is 2. The minimum atomic E-state index is -5.08. The van der Waals surface area contributed by atoms with Crippen molar-refractivity contribution in [2.24, 2.45) is 28.9 Å². The number of carbonyl (C=O) groups is 3. The predicted molar refractivity (Wildman–Crippen MR) is 166 cm³/mol. The van der Waals surface area contributed by atoms with Crippen molar-refractivity contribution in [2.75, 3.05) is 10.6 Å². The highest BCUT2D eigenvalue weighted by Crippen LogP contribution is 2.60. The lowest BCUT2D eigenvalue weighted by Gasteiger charge is -2.55. The van der Waals surface area contributed by atoms with Gasteiger partial charge in [0.05, 0.1) is 10.9 Å². The number of fused-ring (bicyclic) bond motifs is 1. The van der Waals surface area contributed by atoms with Crippen molar-refractivity contribution in [1.29, 1.82) is 5.41 Å². The van der Waals surface area contributed by atoms with Gasteiger partial charge in [-0.1, -0.05) is 24.5 Å². The molecule has 49 heavy (non-hydrogen) atoms. The third kappa shape index (κ3) is 9.62. The van der Waals surface area contributed by atoms with Gasteiger partial charge in [-0.15, -0.1) is 0 Å². The van der Waals surface area contributed by atoms with Gasteiger partial charge in [-0.2, -0.15) is 31.3 Å². The molecule has 270 valence electrons. The van der Waals surface area contributed by atoms with E-state index < -0.39 is 24.3 Å². The minimum absolute atomic E-state index is 0.00406. The molecule has 7 rings (SSSR count). The van der Waals surface area contributed by atoms with Gasteiger partial charge in [0.2, 0.25) is 11.9 Å². The van der Waals surface area contributed by atoms with E-state index in [9.17, 15) is 31.1 Å². The number of hydrogen-bond donors (Lipinski definition) is 7. The van der Waals surface area contributed by atoms with E-state index in [1.54, 1.807) is 0 Å². The Kier molecular flexibility index (Phi) is 11.2. The fourth-order valence-corrected chi connectivity index (χ4v) is 7.88. The molecule has 2 unspecified atom stereocenters.